The largest absolute Gasteiger partial charge is 0.506 e. The van der Waals surface area contributed by atoms with Crippen LogP contribution in [0.1, 0.15) is 29.5 Å². The van der Waals surface area contributed by atoms with Crippen molar-refractivity contribution >= 4 is 29.6 Å². The number of methoxy groups -OCH3 is 1. The Morgan fingerprint density at radius 3 is 2.81 bits per heavy atom. The summed E-state index contributed by atoms with van der Waals surface area (Å²) >= 11 is 0. The zero-order chi connectivity index (χ0) is 22.7. The lowest BCUT2D eigenvalue weighted by molar-refractivity contribution is -0.135. The maximum atomic E-state index is 12.8. The molecule has 2 aromatic rings. The molecule has 0 spiro atoms. The van der Waals surface area contributed by atoms with Crippen molar-refractivity contribution in [1.82, 2.24) is 19.9 Å². The van der Waals surface area contributed by atoms with Crippen molar-refractivity contribution in [2.75, 3.05) is 13.7 Å². The Labute approximate surface area is 176 Å². The van der Waals surface area contributed by atoms with E-state index in [9.17, 15) is 19.5 Å². The summed E-state index contributed by atoms with van der Waals surface area (Å²) in [7, 11) is 2.97. The van der Waals surface area contributed by atoms with Crippen molar-refractivity contribution in [2.24, 2.45) is 13.0 Å². The molecule has 0 aromatic carbocycles. The highest BCUT2D eigenvalue weighted by atomic mass is 16.5. The van der Waals surface area contributed by atoms with Crippen molar-refractivity contribution in [3.05, 3.63) is 50.6 Å². The number of rotatable bonds is 5. The molecular weight excluding hydrogens is 404 g/mol. The van der Waals surface area contributed by atoms with Gasteiger partial charge in [-0.25, -0.2) is 4.98 Å². The Hall–Kier alpha value is -3.95. The Morgan fingerprint density at radius 2 is 2.13 bits per heavy atom. The monoisotopic (exact) mass is 426 g/mol. The number of fused-ring (bicyclic) bond motifs is 1. The summed E-state index contributed by atoms with van der Waals surface area (Å²) in [6.45, 7) is 1.30. The van der Waals surface area contributed by atoms with Gasteiger partial charge in [0, 0.05) is 30.1 Å². The van der Waals surface area contributed by atoms with Gasteiger partial charge in [-0.3, -0.25) is 14.4 Å². The molecule has 31 heavy (non-hydrogen) atoms. The molecule has 0 fully saturated rings. The Morgan fingerprint density at radius 1 is 1.39 bits per heavy atom. The standard InChI is InChI=1S/C21H22N4O6/c1-11-4-5-14-13(9-12(8-11)19-22-7-6-15(24-19)31-3)18(28)17(21(30)25(14)2)20(29)23-10-16(26)27/h5-9,11,28H,4,10H2,1-3H3,(H,23,29)(H,26,27)/b12-8+,13-9+,14-5-. The van der Waals surface area contributed by atoms with Crippen molar-refractivity contribution in [3.63, 3.8) is 0 Å². The van der Waals surface area contributed by atoms with Gasteiger partial charge < -0.3 is 24.8 Å². The molecule has 0 saturated carbocycles. The first kappa shape index (κ1) is 21.8. The van der Waals surface area contributed by atoms with Crippen LogP contribution in [0, 0.1) is 5.92 Å². The highest BCUT2D eigenvalue weighted by molar-refractivity contribution is 5.98. The average Bonchev–Trinajstić information content (AvgIpc) is 2.73. The predicted molar refractivity (Wildman–Crippen MR) is 112 cm³/mol. The van der Waals surface area contributed by atoms with E-state index in [1.807, 2.05) is 13.0 Å². The number of carboxylic acids is 1. The minimum Gasteiger partial charge on any atom is -0.506 e. The van der Waals surface area contributed by atoms with Crippen LogP contribution < -0.4 is 26.2 Å². The summed E-state index contributed by atoms with van der Waals surface area (Å²) < 4.78 is 6.41. The lowest BCUT2D eigenvalue weighted by atomic mass is 9.99. The topological polar surface area (TPSA) is 144 Å². The number of carboxylic acid groups (broad SMARTS) is 1. The van der Waals surface area contributed by atoms with E-state index >= 15 is 0 Å². The number of pyridine rings is 1. The number of aromatic hydroxyl groups is 1. The molecule has 0 radical (unpaired) electrons. The number of ether oxygens (including phenoxy) is 1. The molecule has 2 heterocycles. The van der Waals surface area contributed by atoms with Crippen LogP contribution in [-0.2, 0) is 11.8 Å². The maximum absolute atomic E-state index is 12.8. The van der Waals surface area contributed by atoms with Crippen LogP contribution in [0.2, 0.25) is 0 Å². The molecule has 10 heteroatoms. The molecule has 2 aromatic heterocycles. The number of allylic oxidation sites excluding steroid dienone is 2. The number of hydrogen-bond acceptors (Lipinski definition) is 7. The van der Waals surface area contributed by atoms with E-state index in [0.29, 0.717) is 29.0 Å². The third-order valence-corrected chi connectivity index (χ3v) is 4.82. The Balaban J connectivity index is 2.28. The number of amides is 1. The molecule has 162 valence electrons. The van der Waals surface area contributed by atoms with Crippen LogP contribution in [-0.4, -0.2) is 50.3 Å². The average molecular weight is 426 g/mol. The molecule has 1 aliphatic rings. The fourth-order valence-corrected chi connectivity index (χ4v) is 3.26. The second-order valence-corrected chi connectivity index (χ2v) is 7.07. The van der Waals surface area contributed by atoms with Crippen LogP contribution >= 0.6 is 0 Å². The summed E-state index contributed by atoms with van der Waals surface area (Å²) in [5.74, 6) is -2.01. The zero-order valence-electron chi connectivity index (χ0n) is 17.2. The minimum absolute atomic E-state index is 0.0741. The molecule has 1 unspecified atom stereocenters. The van der Waals surface area contributed by atoms with Crippen molar-refractivity contribution < 1.29 is 24.5 Å². The number of aromatic nitrogens is 3. The number of aliphatic carboxylic acids is 1. The van der Waals surface area contributed by atoms with E-state index in [0.717, 1.165) is 0 Å². The third kappa shape index (κ3) is 4.47. The second-order valence-electron chi connectivity index (χ2n) is 7.07. The molecule has 0 saturated heterocycles. The number of carbonyl (C=O) groups is 2. The van der Waals surface area contributed by atoms with E-state index in [4.69, 9.17) is 9.84 Å². The first-order chi connectivity index (χ1) is 14.7. The van der Waals surface area contributed by atoms with Crippen molar-refractivity contribution in [2.45, 2.75) is 13.3 Å². The van der Waals surface area contributed by atoms with Crippen LogP contribution in [0.5, 0.6) is 11.6 Å². The van der Waals surface area contributed by atoms with E-state index in [1.54, 1.807) is 18.2 Å². The molecule has 1 amide bonds. The number of nitrogens with zero attached hydrogens (tertiary/aromatic N) is 3. The number of hydrogen-bond donors (Lipinski definition) is 3. The van der Waals surface area contributed by atoms with Gasteiger partial charge in [-0.2, -0.15) is 4.98 Å². The fraction of sp³-hybridized carbons (Fsp3) is 0.286. The molecule has 1 atom stereocenters. The van der Waals surface area contributed by atoms with Gasteiger partial charge in [-0.1, -0.05) is 19.1 Å². The molecule has 1 aliphatic carbocycles. The third-order valence-electron chi connectivity index (χ3n) is 4.82. The predicted octanol–water partition coefficient (Wildman–Crippen LogP) is -0.612. The summed E-state index contributed by atoms with van der Waals surface area (Å²) in [6.07, 6.45) is 7.42. The Kier molecular flexibility index (Phi) is 6.19. The minimum atomic E-state index is -1.27. The van der Waals surface area contributed by atoms with E-state index < -0.39 is 35.3 Å². The van der Waals surface area contributed by atoms with Crippen LogP contribution in [0.25, 0.3) is 17.7 Å². The van der Waals surface area contributed by atoms with Gasteiger partial charge in [0.2, 0.25) is 5.88 Å². The summed E-state index contributed by atoms with van der Waals surface area (Å²) in [4.78, 5) is 44.6. The van der Waals surface area contributed by atoms with Gasteiger partial charge >= 0.3 is 5.97 Å². The lowest BCUT2D eigenvalue weighted by Crippen LogP contribution is -2.46. The van der Waals surface area contributed by atoms with Crippen LogP contribution in [0.15, 0.2) is 23.1 Å². The molecule has 3 rings (SSSR count). The summed E-state index contributed by atoms with van der Waals surface area (Å²) in [5, 5.41) is 22.4. The van der Waals surface area contributed by atoms with E-state index in [2.05, 4.69) is 15.3 Å². The van der Waals surface area contributed by atoms with E-state index in [-0.39, 0.29) is 11.1 Å². The SMILES string of the molecule is COc1ccnc(C2=C/C(C)C/C=c3/c(c(O)c(C(=O)NCC(=O)O)c(=O)n3C)=C\2)n1. The van der Waals surface area contributed by atoms with Gasteiger partial charge in [0.1, 0.15) is 17.9 Å². The second kappa shape index (κ2) is 8.82. The normalized spacial score (nSPS) is 19.2. The van der Waals surface area contributed by atoms with Gasteiger partial charge in [0.05, 0.1) is 12.5 Å². The van der Waals surface area contributed by atoms with Crippen LogP contribution in [0.4, 0.5) is 0 Å². The number of carbonyl (C=O) groups excluding carboxylic acids is 1. The molecule has 10 nitrogen and oxygen atoms in total. The first-order valence-electron chi connectivity index (χ1n) is 9.46. The number of nitrogens with one attached hydrogen (secondary N) is 1. The first-order valence-corrected chi connectivity index (χ1v) is 9.46. The van der Waals surface area contributed by atoms with Gasteiger partial charge in [-0.15, -0.1) is 0 Å². The zero-order valence-corrected chi connectivity index (χ0v) is 17.2. The van der Waals surface area contributed by atoms with Crippen molar-refractivity contribution in [1.29, 1.82) is 0 Å². The van der Waals surface area contributed by atoms with Crippen LogP contribution in [0.3, 0.4) is 0 Å². The summed E-state index contributed by atoms with van der Waals surface area (Å²) in [5.41, 5.74) is -0.696. The Bertz CT molecular complexity index is 1260. The molecule has 0 bridgehead atoms. The molecule has 3 N–H and O–H groups in total. The smallest absolute Gasteiger partial charge is 0.322 e. The molecule has 0 aliphatic heterocycles. The highest BCUT2D eigenvalue weighted by Crippen LogP contribution is 2.20. The maximum Gasteiger partial charge on any atom is 0.322 e. The van der Waals surface area contributed by atoms with Gasteiger partial charge in [0.15, 0.2) is 5.82 Å². The van der Waals surface area contributed by atoms with E-state index in [1.165, 1.54) is 24.9 Å². The highest BCUT2D eigenvalue weighted by Gasteiger charge is 2.21. The van der Waals surface area contributed by atoms with Gasteiger partial charge in [-0.05, 0) is 18.4 Å². The molecular formula is C21H22N4O6. The quantitative estimate of drug-likeness (QED) is 0.574. The lowest BCUT2D eigenvalue weighted by Gasteiger charge is -2.14. The van der Waals surface area contributed by atoms with Gasteiger partial charge in [0.25, 0.3) is 11.5 Å². The van der Waals surface area contributed by atoms with Crippen molar-refractivity contribution in [3.8, 4) is 11.6 Å². The fourth-order valence-electron chi connectivity index (χ4n) is 3.26. The summed E-state index contributed by atoms with van der Waals surface area (Å²) in [6, 6.07) is 1.60.